The third-order valence-electron chi connectivity index (χ3n) is 4.73. The van der Waals surface area contributed by atoms with Gasteiger partial charge in [0.05, 0.1) is 11.1 Å². The van der Waals surface area contributed by atoms with E-state index in [0.29, 0.717) is 6.04 Å². The van der Waals surface area contributed by atoms with Crippen molar-refractivity contribution in [2.45, 2.75) is 51.9 Å². The molecule has 1 aromatic carbocycles. The molecule has 0 aliphatic carbocycles. The Morgan fingerprint density at radius 3 is 2.67 bits per heavy atom. The van der Waals surface area contributed by atoms with Crippen LogP contribution in [0.3, 0.4) is 0 Å². The number of nitrogens with zero attached hydrogens (tertiary/aromatic N) is 2. The summed E-state index contributed by atoms with van der Waals surface area (Å²) in [7, 11) is 0. The third-order valence-corrected chi connectivity index (χ3v) is 5.83. The number of thiazole rings is 1. The van der Waals surface area contributed by atoms with Gasteiger partial charge in [-0.2, -0.15) is 0 Å². The molecular formula is C19H27N3OS. The van der Waals surface area contributed by atoms with Crippen molar-refractivity contribution in [2.24, 2.45) is 0 Å². The zero-order chi connectivity index (χ0) is 16.9. The molecule has 130 valence electrons. The zero-order valence-electron chi connectivity index (χ0n) is 14.5. The van der Waals surface area contributed by atoms with Crippen molar-refractivity contribution in [3.05, 3.63) is 51.5 Å². The van der Waals surface area contributed by atoms with Gasteiger partial charge in [-0.05, 0) is 37.8 Å². The maximum absolute atomic E-state index is 9.66. The molecular weight excluding hydrogens is 318 g/mol. The maximum Gasteiger partial charge on any atom is 0.0897 e. The van der Waals surface area contributed by atoms with E-state index in [4.69, 9.17) is 0 Å². The number of nitrogens with one attached hydrogen (secondary N) is 1. The first-order chi connectivity index (χ1) is 11.6. The fourth-order valence-electron chi connectivity index (χ4n) is 3.14. The molecule has 0 bridgehead atoms. The first-order valence-corrected chi connectivity index (χ1v) is 9.56. The van der Waals surface area contributed by atoms with Gasteiger partial charge >= 0.3 is 0 Å². The summed E-state index contributed by atoms with van der Waals surface area (Å²) in [6, 6.07) is 8.99. The summed E-state index contributed by atoms with van der Waals surface area (Å²) in [5.41, 5.74) is 2.74. The molecule has 1 saturated heterocycles. The lowest BCUT2D eigenvalue weighted by Gasteiger charge is -2.30. The highest BCUT2D eigenvalue weighted by Crippen LogP contribution is 2.21. The predicted molar refractivity (Wildman–Crippen MR) is 99.1 cm³/mol. The van der Waals surface area contributed by atoms with Crippen molar-refractivity contribution in [2.75, 3.05) is 13.1 Å². The van der Waals surface area contributed by atoms with Crippen molar-refractivity contribution in [3.8, 4) is 0 Å². The van der Waals surface area contributed by atoms with E-state index in [2.05, 4.69) is 46.4 Å². The quantitative estimate of drug-likeness (QED) is 0.844. The number of hydrogen-bond acceptors (Lipinski definition) is 5. The van der Waals surface area contributed by atoms with E-state index in [-0.39, 0.29) is 6.10 Å². The van der Waals surface area contributed by atoms with Gasteiger partial charge in [0, 0.05) is 43.3 Å². The van der Waals surface area contributed by atoms with Crippen LogP contribution in [0.1, 0.15) is 46.8 Å². The molecule has 1 fully saturated rings. The van der Waals surface area contributed by atoms with Crippen molar-refractivity contribution in [1.29, 1.82) is 0 Å². The Morgan fingerprint density at radius 2 is 2.00 bits per heavy atom. The second kappa shape index (κ2) is 8.21. The van der Waals surface area contributed by atoms with Crippen molar-refractivity contribution in [3.63, 3.8) is 0 Å². The first-order valence-electron chi connectivity index (χ1n) is 8.74. The summed E-state index contributed by atoms with van der Waals surface area (Å²) in [6.45, 7) is 8.05. The van der Waals surface area contributed by atoms with E-state index >= 15 is 0 Å². The number of aromatic nitrogens is 1. The van der Waals surface area contributed by atoms with Crippen LogP contribution >= 0.6 is 11.3 Å². The molecule has 2 aromatic rings. The summed E-state index contributed by atoms with van der Waals surface area (Å²) >= 11 is 1.76. The topological polar surface area (TPSA) is 48.4 Å². The Labute approximate surface area is 148 Å². The number of aliphatic hydroxyl groups excluding tert-OH is 1. The lowest BCUT2D eigenvalue weighted by Crippen LogP contribution is -2.35. The summed E-state index contributed by atoms with van der Waals surface area (Å²) in [5, 5.41) is 14.4. The van der Waals surface area contributed by atoms with Crippen LogP contribution in [-0.2, 0) is 13.1 Å². The van der Waals surface area contributed by atoms with Gasteiger partial charge in [-0.25, -0.2) is 4.98 Å². The normalized spacial score (nSPS) is 18.0. The van der Waals surface area contributed by atoms with Crippen molar-refractivity contribution in [1.82, 2.24) is 15.2 Å². The molecule has 2 N–H and O–H groups in total. The van der Waals surface area contributed by atoms with Crippen LogP contribution in [0.15, 0.2) is 30.5 Å². The highest BCUT2D eigenvalue weighted by atomic mass is 32.1. The Kier molecular flexibility index (Phi) is 6.00. The highest BCUT2D eigenvalue weighted by molar-refractivity contribution is 7.11. The average Bonchev–Trinajstić information content (AvgIpc) is 3.02. The fourth-order valence-corrected chi connectivity index (χ4v) is 3.96. The van der Waals surface area contributed by atoms with Crippen LogP contribution in [0.25, 0.3) is 0 Å². The Morgan fingerprint density at radius 1 is 1.29 bits per heavy atom. The molecule has 4 nitrogen and oxygen atoms in total. The minimum Gasteiger partial charge on any atom is -0.393 e. The van der Waals surface area contributed by atoms with Crippen LogP contribution in [0.5, 0.6) is 0 Å². The van der Waals surface area contributed by atoms with Crippen LogP contribution in [0.2, 0.25) is 0 Å². The van der Waals surface area contributed by atoms with E-state index in [0.717, 1.165) is 44.0 Å². The van der Waals surface area contributed by atoms with Crippen LogP contribution in [-0.4, -0.2) is 34.2 Å². The number of rotatable bonds is 6. The van der Waals surface area contributed by atoms with Gasteiger partial charge in [-0.3, -0.25) is 4.90 Å². The van der Waals surface area contributed by atoms with Crippen molar-refractivity contribution < 1.29 is 5.11 Å². The lowest BCUT2D eigenvalue weighted by molar-refractivity contribution is 0.0791. The summed E-state index contributed by atoms with van der Waals surface area (Å²) in [6.07, 6.45) is 3.65. The van der Waals surface area contributed by atoms with Gasteiger partial charge < -0.3 is 10.4 Å². The van der Waals surface area contributed by atoms with Gasteiger partial charge in [0.1, 0.15) is 0 Å². The molecule has 24 heavy (non-hydrogen) atoms. The summed E-state index contributed by atoms with van der Waals surface area (Å²) < 4.78 is 0. The minimum absolute atomic E-state index is 0.109. The molecule has 1 atom stereocenters. The summed E-state index contributed by atoms with van der Waals surface area (Å²) in [5.74, 6) is 0. The number of piperidine rings is 1. The van der Waals surface area contributed by atoms with E-state index < -0.39 is 0 Å². The first kappa shape index (κ1) is 17.5. The van der Waals surface area contributed by atoms with Crippen LogP contribution in [0, 0.1) is 6.92 Å². The molecule has 1 aliphatic heterocycles. The molecule has 1 aliphatic rings. The molecule has 1 unspecified atom stereocenters. The van der Waals surface area contributed by atoms with Gasteiger partial charge in [-0.1, -0.05) is 24.3 Å². The number of likely N-dealkylation sites (tertiary alicyclic amines) is 1. The highest BCUT2D eigenvalue weighted by Gasteiger charge is 2.18. The third kappa shape index (κ3) is 4.63. The van der Waals surface area contributed by atoms with Gasteiger partial charge in [0.25, 0.3) is 0 Å². The zero-order valence-corrected chi connectivity index (χ0v) is 15.4. The smallest absolute Gasteiger partial charge is 0.0897 e. The molecule has 0 spiro atoms. The molecule has 0 amide bonds. The van der Waals surface area contributed by atoms with E-state index in [1.165, 1.54) is 16.0 Å². The Balaban J connectivity index is 1.59. The van der Waals surface area contributed by atoms with Crippen LogP contribution < -0.4 is 5.32 Å². The maximum atomic E-state index is 9.66. The Bertz CT molecular complexity index is 650. The standard InChI is InChI=1S/C19H27N3OS/c1-14(19-12-21-15(2)24-19)20-11-16-5-3-4-6-17(16)13-22-9-7-18(23)8-10-22/h3-6,12,14,18,20,23H,7-11,13H2,1-2H3. The molecule has 2 heterocycles. The molecule has 0 saturated carbocycles. The number of aryl methyl sites for hydroxylation is 1. The van der Waals surface area contributed by atoms with Crippen molar-refractivity contribution >= 4 is 11.3 Å². The molecule has 0 radical (unpaired) electrons. The van der Waals surface area contributed by atoms with E-state index in [9.17, 15) is 5.11 Å². The Hall–Kier alpha value is -1.27. The monoisotopic (exact) mass is 345 g/mol. The average molecular weight is 346 g/mol. The summed E-state index contributed by atoms with van der Waals surface area (Å²) in [4.78, 5) is 8.08. The van der Waals surface area contributed by atoms with Crippen LogP contribution in [0.4, 0.5) is 0 Å². The number of benzene rings is 1. The van der Waals surface area contributed by atoms with Gasteiger partial charge in [-0.15, -0.1) is 11.3 Å². The largest absolute Gasteiger partial charge is 0.393 e. The van der Waals surface area contributed by atoms with E-state index in [1.54, 1.807) is 11.3 Å². The predicted octanol–water partition coefficient (Wildman–Crippen LogP) is 3.26. The van der Waals surface area contributed by atoms with E-state index in [1.807, 2.05) is 13.1 Å². The second-order valence-electron chi connectivity index (χ2n) is 6.66. The second-order valence-corrected chi connectivity index (χ2v) is 7.93. The number of hydrogen-bond donors (Lipinski definition) is 2. The molecule has 3 rings (SSSR count). The van der Waals surface area contributed by atoms with Gasteiger partial charge in [0.2, 0.25) is 0 Å². The lowest BCUT2D eigenvalue weighted by atomic mass is 10.0. The molecule has 1 aromatic heterocycles. The fraction of sp³-hybridized carbons (Fsp3) is 0.526. The SMILES string of the molecule is Cc1ncc(C(C)NCc2ccccc2CN2CCC(O)CC2)s1. The van der Waals surface area contributed by atoms with Gasteiger partial charge in [0.15, 0.2) is 0 Å². The number of aliphatic hydroxyl groups is 1. The molecule has 5 heteroatoms. The minimum atomic E-state index is -0.109.